The van der Waals surface area contributed by atoms with Crippen molar-refractivity contribution in [3.05, 3.63) is 35.0 Å². The number of para-hydroxylation sites is 1. The second kappa shape index (κ2) is 3.55. The van der Waals surface area contributed by atoms with Crippen LogP contribution in [0.1, 0.15) is 17.6 Å². The molecule has 0 atom stereocenters. The van der Waals surface area contributed by atoms with E-state index in [4.69, 9.17) is 9.72 Å². The van der Waals surface area contributed by atoms with E-state index in [0.29, 0.717) is 6.61 Å². The molecule has 2 aromatic heterocycles. The molecule has 1 aliphatic heterocycles. The number of nitrogens with zero attached hydrogens (tertiary/aromatic N) is 3. The second-order valence-electron chi connectivity index (χ2n) is 4.24. The number of benzene rings is 1. The van der Waals surface area contributed by atoms with Gasteiger partial charge in [0.05, 0.1) is 0 Å². The Morgan fingerprint density at radius 2 is 2.28 bits per heavy atom. The number of hydrogen-bond donors (Lipinski definition) is 0. The van der Waals surface area contributed by atoms with E-state index in [2.05, 4.69) is 12.0 Å². The third-order valence-electron chi connectivity index (χ3n) is 3.15. The summed E-state index contributed by atoms with van der Waals surface area (Å²) in [4.78, 5) is 5.66. The van der Waals surface area contributed by atoms with Crippen molar-refractivity contribution in [2.24, 2.45) is 0 Å². The first kappa shape index (κ1) is 10.1. The summed E-state index contributed by atoms with van der Waals surface area (Å²) in [5.41, 5.74) is 3.13. The molecular formula is C13H11N3OS. The van der Waals surface area contributed by atoms with Gasteiger partial charge in [-0.25, -0.2) is 9.50 Å². The zero-order valence-corrected chi connectivity index (χ0v) is 10.7. The van der Waals surface area contributed by atoms with Crippen LogP contribution in [0.25, 0.3) is 16.2 Å². The van der Waals surface area contributed by atoms with Gasteiger partial charge in [0.25, 0.3) is 0 Å². The van der Waals surface area contributed by atoms with Gasteiger partial charge in [-0.3, -0.25) is 0 Å². The number of ether oxygens (including phenoxy) is 1. The van der Waals surface area contributed by atoms with Crippen molar-refractivity contribution >= 4 is 16.3 Å². The molecule has 3 aromatic rings. The van der Waals surface area contributed by atoms with Crippen LogP contribution in [0, 0.1) is 0 Å². The number of rotatable bonds is 1. The Balaban J connectivity index is 2.00. The minimum Gasteiger partial charge on any atom is -0.486 e. The molecule has 3 heterocycles. The summed E-state index contributed by atoms with van der Waals surface area (Å²) in [5, 5.41) is 5.68. The summed E-state index contributed by atoms with van der Waals surface area (Å²) < 4.78 is 7.69. The van der Waals surface area contributed by atoms with Crippen molar-refractivity contribution in [3.63, 3.8) is 0 Å². The Bertz CT molecular complexity index is 744. The highest BCUT2D eigenvalue weighted by Crippen LogP contribution is 2.37. The molecule has 5 heteroatoms. The van der Waals surface area contributed by atoms with Crippen molar-refractivity contribution in [2.75, 3.05) is 0 Å². The highest BCUT2D eigenvalue weighted by molar-refractivity contribution is 7.16. The van der Waals surface area contributed by atoms with Gasteiger partial charge in [-0.1, -0.05) is 30.4 Å². The minimum atomic E-state index is 0.542. The number of aromatic nitrogens is 3. The fraction of sp³-hybridized carbons (Fsp3) is 0.231. The fourth-order valence-corrected chi connectivity index (χ4v) is 3.10. The van der Waals surface area contributed by atoms with Crippen LogP contribution in [0.2, 0.25) is 0 Å². The van der Waals surface area contributed by atoms with Crippen molar-refractivity contribution < 1.29 is 4.74 Å². The van der Waals surface area contributed by atoms with Gasteiger partial charge in [-0.05, 0) is 18.6 Å². The molecule has 1 aromatic carbocycles. The van der Waals surface area contributed by atoms with E-state index < -0.39 is 0 Å². The predicted molar refractivity (Wildman–Crippen MR) is 70.0 cm³/mol. The van der Waals surface area contributed by atoms with E-state index in [1.54, 1.807) is 11.3 Å². The molecule has 0 amide bonds. The lowest BCUT2D eigenvalue weighted by Crippen LogP contribution is -2.07. The quantitative estimate of drug-likeness (QED) is 0.673. The highest BCUT2D eigenvalue weighted by atomic mass is 32.1. The first-order chi connectivity index (χ1) is 8.86. The Kier molecular flexibility index (Phi) is 1.99. The largest absolute Gasteiger partial charge is 0.486 e. The lowest BCUT2D eigenvalue weighted by atomic mass is 10.1. The Hall–Kier alpha value is -1.88. The monoisotopic (exact) mass is 257 g/mol. The van der Waals surface area contributed by atoms with Gasteiger partial charge in [0.2, 0.25) is 4.96 Å². The molecule has 0 bridgehead atoms. The van der Waals surface area contributed by atoms with Gasteiger partial charge in [-0.2, -0.15) is 5.10 Å². The molecule has 0 aliphatic carbocycles. The van der Waals surface area contributed by atoms with Gasteiger partial charge in [-0.15, -0.1) is 0 Å². The molecule has 0 saturated carbocycles. The zero-order valence-electron chi connectivity index (χ0n) is 9.88. The van der Waals surface area contributed by atoms with Crippen LogP contribution >= 0.6 is 11.3 Å². The Morgan fingerprint density at radius 1 is 1.39 bits per heavy atom. The van der Waals surface area contributed by atoms with Crippen LogP contribution in [-0.4, -0.2) is 14.6 Å². The van der Waals surface area contributed by atoms with Crippen molar-refractivity contribution in [1.29, 1.82) is 0 Å². The van der Waals surface area contributed by atoms with Crippen molar-refractivity contribution in [3.8, 4) is 17.0 Å². The zero-order chi connectivity index (χ0) is 12.1. The van der Waals surface area contributed by atoms with Gasteiger partial charge in [0.15, 0.2) is 0 Å². The molecule has 0 fully saturated rings. The molecule has 0 N–H and O–H groups in total. The van der Waals surface area contributed by atoms with E-state index in [1.807, 2.05) is 28.8 Å². The first-order valence-corrected chi connectivity index (χ1v) is 6.78. The van der Waals surface area contributed by atoms with Crippen LogP contribution in [0.15, 0.2) is 24.3 Å². The molecule has 0 unspecified atom stereocenters. The third kappa shape index (κ3) is 1.25. The summed E-state index contributed by atoms with van der Waals surface area (Å²) in [6.07, 6.45) is 0.945. The maximum Gasteiger partial charge on any atom is 0.213 e. The van der Waals surface area contributed by atoms with Crippen molar-refractivity contribution in [1.82, 2.24) is 14.6 Å². The summed E-state index contributed by atoms with van der Waals surface area (Å²) in [5.74, 6) is 0.909. The van der Waals surface area contributed by atoms with Crippen LogP contribution in [0.4, 0.5) is 0 Å². The van der Waals surface area contributed by atoms with Crippen LogP contribution in [-0.2, 0) is 13.0 Å². The fourth-order valence-electron chi connectivity index (χ4n) is 2.25. The van der Waals surface area contributed by atoms with Crippen LogP contribution < -0.4 is 4.74 Å². The summed E-state index contributed by atoms with van der Waals surface area (Å²) in [7, 11) is 0. The van der Waals surface area contributed by atoms with Gasteiger partial charge < -0.3 is 4.74 Å². The molecule has 90 valence electrons. The summed E-state index contributed by atoms with van der Waals surface area (Å²) in [6, 6.07) is 8.02. The average Bonchev–Trinajstić information content (AvgIpc) is 2.95. The van der Waals surface area contributed by atoms with Gasteiger partial charge in [0, 0.05) is 5.56 Å². The van der Waals surface area contributed by atoms with E-state index in [9.17, 15) is 0 Å². The molecule has 0 saturated heterocycles. The number of fused-ring (bicyclic) bond motifs is 5. The topological polar surface area (TPSA) is 39.4 Å². The Labute approximate surface area is 108 Å². The molecule has 4 rings (SSSR count). The van der Waals surface area contributed by atoms with E-state index in [-0.39, 0.29) is 0 Å². The molecular weight excluding hydrogens is 246 g/mol. The average molecular weight is 257 g/mol. The number of aryl methyl sites for hydroxylation is 1. The highest BCUT2D eigenvalue weighted by Gasteiger charge is 2.24. The van der Waals surface area contributed by atoms with Crippen LogP contribution in [0.3, 0.4) is 0 Å². The minimum absolute atomic E-state index is 0.542. The summed E-state index contributed by atoms with van der Waals surface area (Å²) >= 11 is 1.65. The second-order valence-corrected chi connectivity index (χ2v) is 5.28. The van der Waals surface area contributed by atoms with E-state index in [1.165, 1.54) is 0 Å². The number of imidazole rings is 1. The molecule has 0 radical (unpaired) electrons. The van der Waals surface area contributed by atoms with E-state index in [0.717, 1.165) is 39.1 Å². The lowest BCUT2D eigenvalue weighted by molar-refractivity contribution is 0.294. The van der Waals surface area contributed by atoms with E-state index >= 15 is 0 Å². The standard InChI is InChI=1S/C13H11N3OS/c1-2-11-15-16-9-7-17-10-6-4-3-5-8(10)12(9)14-13(16)18-11/h3-6H,2,7H2,1H3. The normalized spacial score (nSPS) is 13.2. The maximum absolute atomic E-state index is 5.76. The summed E-state index contributed by atoms with van der Waals surface area (Å²) in [6.45, 7) is 2.65. The predicted octanol–water partition coefficient (Wildman–Crippen LogP) is 2.91. The van der Waals surface area contributed by atoms with Crippen LogP contribution in [0.5, 0.6) is 5.75 Å². The third-order valence-corrected chi connectivity index (χ3v) is 4.20. The number of hydrogen-bond acceptors (Lipinski definition) is 4. The molecule has 0 spiro atoms. The maximum atomic E-state index is 5.76. The van der Waals surface area contributed by atoms with Gasteiger partial charge in [0.1, 0.15) is 28.8 Å². The van der Waals surface area contributed by atoms with Gasteiger partial charge >= 0.3 is 0 Å². The first-order valence-electron chi connectivity index (χ1n) is 5.96. The smallest absolute Gasteiger partial charge is 0.213 e. The lowest BCUT2D eigenvalue weighted by Gasteiger charge is -2.16. The van der Waals surface area contributed by atoms with Crippen molar-refractivity contribution in [2.45, 2.75) is 20.0 Å². The SMILES string of the molecule is CCc1nn2c3c(nc2s1)-c1ccccc1OC3. The molecule has 4 nitrogen and oxygen atoms in total. The molecule has 1 aliphatic rings. The Morgan fingerprint density at radius 3 is 3.17 bits per heavy atom. The molecule has 18 heavy (non-hydrogen) atoms.